The number of aryl methyl sites for hydroxylation is 1. The van der Waals surface area contributed by atoms with Gasteiger partial charge in [-0.2, -0.15) is 0 Å². The number of nitrogens with one attached hydrogen (secondary N) is 1. The summed E-state index contributed by atoms with van der Waals surface area (Å²) in [6.07, 6.45) is 9.55. The number of likely N-dealkylation sites (N-methyl/N-ethyl adjacent to an activating group) is 1. The van der Waals surface area contributed by atoms with Crippen molar-refractivity contribution in [2.24, 2.45) is 23.7 Å². The van der Waals surface area contributed by atoms with Gasteiger partial charge in [0.25, 0.3) is 5.91 Å². The van der Waals surface area contributed by atoms with Crippen molar-refractivity contribution < 1.29 is 33.4 Å². The molecule has 1 saturated carbocycles. The Labute approximate surface area is 318 Å². The third-order valence-electron chi connectivity index (χ3n) is 10.8. The van der Waals surface area contributed by atoms with Gasteiger partial charge in [-0.25, -0.2) is 15.0 Å². The van der Waals surface area contributed by atoms with Crippen LogP contribution in [0.15, 0.2) is 17.8 Å². The lowest BCUT2D eigenvalue weighted by atomic mass is 9.72. The first kappa shape index (κ1) is 42.0. The number of methoxy groups -OCH3 is 1. The molecule has 0 radical (unpaired) electrons. The SMILES string of the molecule is COC(=O)[C@@H](C)C[C@H](Cc1ncc(C)cn1)NC(=O)c1csc([C@@H](C[C@H](C(C)C)N(C)C(=O)[C@@H](CC(=O)[C@H]2CCCCN2C)C2CCC2)OC(C)=O)n1. The van der Waals surface area contributed by atoms with E-state index >= 15 is 0 Å². The minimum atomic E-state index is -0.808. The Bertz CT molecular complexity index is 1560. The van der Waals surface area contributed by atoms with E-state index in [0.717, 1.165) is 50.6 Å². The van der Waals surface area contributed by atoms with E-state index in [0.29, 0.717) is 23.7 Å². The molecule has 1 N–H and O–H groups in total. The van der Waals surface area contributed by atoms with Gasteiger partial charge in [0.05, 0.1) is 19.1 Å². The molecule has 2 aromatic heterocycles. The second-order valence-corrected chi connectivity index (χ2v) is 16.2. The van der Waals surface area contributed by atoms with Crippen molar-refractivity contribution in [1.82, 2.24) is 30.1 Å². The lowest BCUT2D eigenvalue weighted by molar-refractivity contribution is -0.150. The second-order valence-electron chi connectivity index (χ2n) is 15.3. The zero-order chi connectivity index (χ0) is 38.8. The third-order valence-corrected chi connectivity index (χ3v) is 11.8. The Balaban J connectivity index is 1.50. The Morgan fingerprint density at radius 1 is 1.04 bits per heavy atom. The average Bonchev–Trinajstić information content (AvgIpc) is 3.59. The number of hydrogen-bond donors (Lipinski definition) is 1. The Kier molecular flexibility index (Phi) is 15.5. The summed E-state index contributed by atoms with van der Waals surface area (Å²) < 4.78 is 10.7. The van der Waals surface area contributed by atoms with Gasteiger partial charge in [-0.3, -0.25) is 28.9 Å². The summed E-state index contributed by atoms with van der Waals surface area (Å²) in [6, 6.07) is -0.966. The fraction of sp³-hybridized carbons (Fsp3) is 0.692. The molecule has 13 nitrogen and oxygen atoms in total. The van der Waals surface area contributed by atoms with E-state index < -0.39 is 29.9 Å². The summed E-state index contributed by atoms with van der Waals surface area (Å²) in [7, 11) is 5.11. The maximum atomic E-state index is 14.3. The lowest BCUT2D eigenvalue weighted by Gasteiger charge is -2.40. The molecule has 2 aromatic rings. The van der Waals surface area contributed by atoms with Crippen LogP contribution >= 0.6 is 11.3 Å². The number of thiazole rings is 1. The molecule has 2 fully saturated rings. The van der Waals surface area contributed by atoms with Crippen LogP contribution in [0.5, 0.6) is 0 Å². The van der Waals surface area contributed by atoms with E-state index in [2.05, 4.69) is 25.2 Å². The van der Waals surface area contributed by atoms with Crippen LogP contribution in [0, 0.1) is 30.6 Å². The van der Waals surface area contributed by atoms with Gasteiger partial charge in [-0.15, -0.1) is 11.3 Å². The van der Waals surface area contributed by atoms with Crippen molar-refractivity contribution in [2.75, 3.05) is 27.7 Å². The first-order valence-electron chi connectivity index (χ1n) is 19.0. The van der Waals surface area contributed by atoms with E-state index in [-0.39, 0.29) is 66.0 Å². The number of ketones is 1. The van der Waals surface area contributed by atoms with Crippen molar-refractivity contribution in [3.8, 4) is 0 Å². The number of Topliss-reactive ketones (excluding diaryl/α,β-unsaturated/α-hetero) is 1. The number of rotatable bonds is 18. The normalized spacial score (nSPS) is 19.3. The van der Waals surface area contributed by atoms with Gasteiger partial charge in [0.2, 0.25) is 5.91 Å². The minimum absolute atomic E-state index is 0.00601. The number of aromatic nitrogens is 3. The molecule has 2 aliphatic rings. The number of piperidine rings is 1. The number of hydrogen-bond acceptors (Lipinski definition) is 12. The molecule has 3 heterocycles. The van der Waals surface area contributed by atoms with Gasteiger partial charge in [-0.1, -0.05) is 33.6 Å². The van der Waals surface area contributed by atoms with Crippen molar-refractivity contribution in [2.45, 2.75) is 123 Å². The summed E-state index contributed by atoms with van der Waals surface area (Å²) in [5, 5.41) is 5.04. The molecule has 14 heteroatoms. The molecule has 0 bridgehead atoms. The van der Waals surface area contributed by atoms with Crippen LogP contribution < -0.4 is 5.32 Å². The average molecular weight is 755 g/mol. The molecule has 4 rings (SSSR count). The van der Waals surface area contributed by atoms with Crippen molar-refractivity contribution in [3.05, 3.63) is 39.9 Å². The molecule has 0 unspecified atom stereocenters. The molecule has 292 valence electrons. The first-order valence-corrected chi connectivity index (χ1v) is 19.8. The van der Waals surface area contributed by atoms with Gasteiger partial charge in [0.1, 0.15) is 16.5 Å². The molecular weight excluding hydrogens is 697 g/mol. The summed E-state index contributed by atoms with van der Waals surface area (Å²) in [5.74, 6) is -1.43. The standard InChI is InChI=1S/C39H58N6O7S/c1-23(2)32(45(7)38(49)29(27-12-11-13-27)18-33(47)31-14-9-10-15-44(31)6)19-34(52-26(5)46)37-43-30(22-53-37)36(48)42-28(16-25(4)39(50)51-8)17-35-40-20-24(3)21-41-35/h20-23,25,27-29,31-32,34H,9-19H2,1-8H3,(H,42,48)/t25-,28+,29-,31+,32+,34+/m0/s1. The molecule has 6 atom stereocenters. The minimum Gasteiger partial charge on any atom is -0.469 e. The Morgan fingerprint density at radius 2 is 1.74 bits per heavy atom. The molecule has 53 heavy (non-hydrogen) atoms. The second kappa shape index (κ2) is 19.5. The number of carbonyl (C=O) groups excluding carboxylic acids is 5. The zero-order valence-corrected chi connectivity index (χ0v) is 33.4. The van der Waals surface area contributed by atoms with E-state index in [1.807, 2.05) is 27.8 Å². The van der Waals surface area contributed by atoms with Crippen LogP contribution in [-0.2, 0) is 35.1 Å². The van der Waals surface area contributed by atoms with Gasteiger partial charge in [0, 0.05) is 69.0 Å². The van der Waals surface area contributed by atoms with E-state index in [9.17, 15) is 24.0 Å². The number of carbonyl (C=O) groups is 5. The Hall–Kier alpha value is -3.78. The number of likely N-dealkylation sites (tertiary alicyclic amines) is 1. The topological polar surface area (TPSA) is 161 Å². The van der Waals surface area contributed by atoms with Crippen molar-refractivity contribution in [1.29, 1.82) is 0 Å². The predicted octanol–water partition coefficient (Wildman–Crippen LogP) is 5.12. The maximum absolute atomic E-state index is 14.3. The molecule has 1 aliphatic carbocycles. The van der Waals surface area contributed by atoms with Gasteiger partial charge in [-0.05, 0) is 70.0 Å². The molecule has 2 amide bonds. The first-order chi connectivity index (χ1) is 25.2. The van der Waals surface area contributed by atoms with Crippen LogP contribution in [0.25, 0.3) is 0 Å². The van der Waals surface area contributed by atoms with Crippen LogP contribution in [0.1, 0.15) is 118 Å². The summed E-state index contributed by atoms with van der Waals surface area (Å²) >= 11 is 1.20. The fourth-order valence-corrected chi connectivity index (χ4v) is 8.36. The van der Waals surface area contributed by atoms with E-state index in [4.69, 9.17) is 9.47 Å². The van der Waals surface area contributed by atoms with Crippen LogP contribution in [0.2, 0.25) is 0 Å². The molecule has 1 saturated heterocycles. The number of nitrogens with zero attached hydrogens (tertiary/aromatic N) is 5. The smallest absolute Gasteiger partial charge is 0.308 e. The zero-order valence-electron chi connectivity index (χ0n) is 32.6. The monoisotopic (exact) mass is 754 g/mol. The highest BCUT2D eigenvalue weighted by molar-refractivity contribution is 7.09. The largest absolute Gasteiger partial charge is 0.469 e. The van der Waals surface area contributed by atoms with Crippen LogP contribution in [0.3, 0.4) is 0 Å². The van der Waals surface area contributed by atoms with Gasteiger partial charge in [0.15, 0.2) is 11.9 Å². The predicted molar refractivity (Wildman–Crippen MR) is 201 cm³/mol. The van der Waals surface area contributed by atoms with Gasteiger partial charge < -0.3 is 19.7 Å². The summed E-state index contributed by atoms with van der Waals surface area (Å²) in [4.78, 5) is 83.3. The van der Waals surface area contributed by atoms with E-state index in [1.165, 1.54) is 25.4 Å². The highest BCUT2D eigenvalue weighted by Gasteiger charge is 2.40. The number of ether oxygens (including phenoxy) is 2. The van der Waals surface area contributed by atoms with Gasteiger partial charge >= 0.3 is 11.9 Å². The molecule has 0 aromatic carbocycles. The van der Waals surface area contributed by atoms with E-state index in [1.54, 1.807) is 36.6 Å². The number of esters is 2. The third kappa shape index (κ3) is 11.6. The summed E-state index contributed by atoms with van der Waals surface area (Å²) in [6.45, 7) is 9.88. The van der Waals surface area contributed by atoms with Crippen molar-refractivity contribution in [3.63, 3.8) is 0 Å². The highest BCUT2D eigenvalue weighted by Crippen LogP contribution is 2.38. The van der Waals surface area contributed by atoms with Crippen LogP contribution in [-0.4, -0.2) is 100 Å². The quantitative estimate of drug-likeness (QED) is 0.201. The van der Waals surface area contributed by atoms with Crippen molar-refractivity contribution >= 4 is 40.9 Å². The molecule has 1 aliphatic heterocycles. The Morgan fingerprint density at radius 3 is 2.32 bits per heavy atom. The highest BCUT2D eigenvalue weighted by atomic mass is 32.1. The lowest BCUT2D eigenvalue weighted by Crippen LogP contribution is -2.49. The molecular formula is C39H58N6O7S. The molecule has 0 spiro atoms. The summed E-state index contributed by atoms with van der Waals surface area (Å²) in [5.41, 5.74) is 1.05. The fourth-order valence-electron chi connectivity index (χ4n) is 7.52. The maximum Gasteiger partial charge on any atom is 0.308 e. The number of amides is 2. The van der Waals surface area contributed by atoms with Crippen LogP contribution in [0.4, 0.5) is 0 Å².